The lowest BCUT2D eigenvalue weighted by atomic mass is 10.1. The summed E-state index contributed by atoms with van der Waals surface area (Å²) in [5.74, 6) is 1.34. The van der Waals surface area contributed by atoms with Gasteiger partial charge in [-0.1, -0.05) is 12.1 Å². The second-order valence-electron chi connectivity index (χ2n) is 4.83. The fourth-order valence-corrected chi connectivity index (χ4v) is 2.23. The molecule has 2 unspecified atom stereocenters. The highest BCUT2D eigenvalue weighted by Gasteiger charge is 2.19. The number of furan rings is 1. The summed E-state index contributed by atoms with van der Waals surface area (Å²) in [6.45, 7) is 1.91. The molecule has 1 aromatic carbocycles. The van der Waals surface area contributed by atoms with E-state index in [1.807, 2.05) is 19.1 Å². The van der Waals surface area contributed by atoms with Crippen LogP contribution in [0.2, 0.25) is 0 Å². The lowest BCUT2D eigenvalue weighted by molar-refractivity contribution is -0.121. The molecule has 112 valence electrons. The third-order valence-corrected chi connectivity index (χ3v) is 3.56. The number of hydrogen-bond acceptors (Lipinski definition) is 3. The van der Waals surface area contributed by atoms with Crippen LogP contribution in [-0.4, -0.2) is 19.1 Å². The van der Waals surface area contributed by atoms with Crippen LogP contribution in [-0.2, 0) is 11.2 Å². The first-order valence-electron chi connectivity index (χ1n) is 6.71. The zero-order valence-electron chi connectivity index (χ0n) is 12.0. The molecule has 0 aliphatic rings. The Labute approximate surface area is 129 Å². The molecule has 0 saturated carbocycles. The SMILES string of the molecule is COc1ccc(C(Cl)C(=O)NC(C)Cc2ccco2)cc1. The molecule has 0 aliphatic carbocycles. The fraction of sp³-hybridized carbons (Fsp3) is 0.312. The van der Waals surface area contributed by atoms with Crippen molar-refractivity contribution in [2.45, 2.75) is 24.8 Å². The molecule has 2 atom stereocenters. The van der Waals surface area contributed by atoms with E-state index in [9.17, 15) is 4.79 Å². The van der Waals surface area contributed by atoms with Gasteiger partial charge in [-0.2, -0.15) is 0 Å². The number of rotatable bonds is 6. The van der Waals surface area contributed by atoms with Crippen LogP contribution in [0.3, 0.4) is 0 Å². The molecule has 1 N–H and O–H groups in total. The van der Waals surface area contributed by atoms with Crippen LogP contribution in [0.4, 0.5) is 0 Å². The molecule has 2 aromatic rings. The summed E-state index contributed by atoms with van der Waals surface area (Å²) < 4.78 is 10.3. The van der Waals surface area contributed by atoms with Crippen LogP contribution in [0.1, 0.15) is 23.6 Å². The van der Waals surface area contributed by atoms with Crippen molar-refractivity contribution in [1.29, 1.82) is 0 Å². The normalized spacial score (nSPS) is 13.5. The van der Waals surface area contributed by atoms with Gasteiger partial charge < -0.3 is 14.5 Å². The summed E-state index contributed by atoms with van der Waals surface area (Å²) in [5.41, 5.74) is 0.736. The summed E-state index contributed by atoms with van der Waals surface area (Å²) in [6, 6.07) is 10.8. The number of carbonyl (C=O) groups excluding carboxylic acids is 1. The van der Waals surface area contributed by atoms with Gasteiger partial charge in [0, 0.05) is 12.5 Å². The second kappa shape index (κ2) is 7.18. The quantitative estimate of drug-likeness (QED) is 0.833. The van der Waals surface area contributed by atoms with E-state index in [0.717, 1.165) is 17.1 Å². The highest BCUT2D eigenvalue weighted by atomic mass is 35.5. The molecule has 0 aliphatic heterocycles. The van der Waals surface area contributed by atoms with E-state index >= 15 is 0 Å². The Bertz CT molecular complexity index is 566. The number of halogens is 1. The Morgan fingerprint density at radius 1 is 1.33 bits per heavy atom. The van der Waals surface area contributed by atoms with Crippen molar-refractivity contribution in [3.05, 3.63) is 54.0 Å². The van der Waals surface area contributed by atoms with Gasteiger partial charge in [-0.25, -0.2) is 0 Å². The molecule has 2 rings (SSSR count). The number of hydrogen-bond donors (Lipinski definition) is 1. The molecule has 4 nitrogen and oxygen atoms in total. The van der Waals surface area contributed by atoms with Crippen LogP contribution >= 0.6 is 11.6 Å². The maximum atomic E-state index is 12.1. The second-order valence-corrected chi connectivity index (χ2v) is 5.27. The smallest absolute Gasteiger partial charge is 0.242 e. The van der Waals surface area contributed by atoms with Crippen LogP contribution in [0.5, 0.6) is 5.75 Å². The van der Waals surface area contributed by atoms with E-state index in [-0.39, 0.29) is 11.9 Å². The van der Waals surface area contributed by atoms with Crippen molar-refractivity contribution < 1.29 is 13.9 Å². The van der Waals surface area contributed by atoms with Crippen LogP contribution in [0.25, 0.3) is 0 Å². The monoisotopic (exact) mass is 307 g/mol. The van der Waals surface area contributed by atoms with Gasteiger partial charge in [0.25, 0.3) is 0 Å². The fourth-order valence-electron chi connectivity index (χ4n) is 2.02. The van der Waals surface area contributed by atoms with E-state index in [1.54, 1.807) is 37.6 Å². The molecule has 0 radical (unpaired) electrons. The van der Waals surface area contributed by atoms with Gasteiger partial charge in [-0.15, -0.1) is 11.6 Å². The van der Waals surface area contributed by atoms with Gasteiger partial charge in [0.15, 0.2) is 0 Å². The lowest BCUT2D eigenvalue weighted by Crippen LogP contribution is -2.36. The number of benzene rings is 1. The maximum absolute atomic E-state index is 12.1. The van der Waals surface area contributed by atoms with E-state index in [1.165, 1.54) is 0 Å². The Morgan fingerprint density at radius 3 is 2.62 bits per heavy atom. The highest BCUT2D eigenvalue weighted by molar-refractivity contribution is 6.30. The van der Waals surface area contributed by atoms with Crippen molar-refractivity contribution in [2.24, 2.45) is 0 Å². The van der Waals surface area contributed by atoms with Gasteiger partial charge in [0.05, 0.1) is 13.4 Å². The van der Waals surface area contributed by atoms with Crippen molar-refractivity contribution in [1.82, 2.24) is 5.32 Å². The molecule has 21 heavy (non-hydrogen) atoms. The summed E-state index contributed by atoms with van der Waals surface area (Å²) in [7, 11) is 1.59. The van der Waals surface area contributed by atoms with Crippen molar-refractivity contribution in [3.63, 3.8) is 0 Å². The zero-order chi connectivity index (χ0) is 15.2. The molecule has 1 aromatic heterocycles. The van der Waals surface area contributed by atoms with Crippen molar-refractivity contribution in [3.8, 4) is 5.75 Å². The number of methoxy groups -OCH3 is 1. The molecule has 0 saturated heterocycles. The van der Waals surface area contributed by atoms with E-state index < -0.39 is 5.38 Å². The third-order valence-electron chi connectivity index (χ3n) is 3.11. The van der Waals surface area contributed by atoms with Gasteiger partial charge in [-0.3, -0.25) is 4.79 Å². The first-order chi connectivity index (χ1) is 10.1. The number of alkyl halides is 1. The largest absolute Gasteiger partial charge is 0.497 e. The molecular weight excluding hydrogens is 290 g/mol. The molecular formula is C16H18ClNO3. The lowest BCUT2D eigenvalue weighted by Gasteiger charge is -2.16. The molecule has 5 heteroatoms. The highest BCUT2D eigenvalue weighted by Crippen LogP contribution is 2.23. The Hall–Kier alpha value is -1.94. The number of amides is 1. The van der Waals surface area contributed by atoms with E-state index in [0.29, 0.717) is 6.42 Å². The summed E-state index contributed by atoms with van der Waals surface area (Å²) in [5, 5.41) is 2.16. The van der Waals surface area contributed by atoms with E-state index in [2.05, 4.69) is 5.32 Å². The molecule has 1 heterocycles. The molecule has 1 amide bonds. The predicted octanol–water partition coefficient (Wildman–Crippen LogP) is 3.32. The van der Waals surface area contributed by atoms with Gasteiger partial charge in [-0.05, 0) is 36.8 Å². The minimum atomic E-state index is -0.727. The average molecular weight is 308 g/mol. The zero-order valence-corrected chi connectivity index (χ0v) is 12.8. The molecule has 0 fully saturated rings. The van der Waals surface area contributed by atoms with Crippen LogP contribution < -0.4 is 10.1 Å². The summed E-state index contributed by atoms with van der Waals surface area (Å²) >= 11 is 6.20. The van der Waals surface area contributed by atoms with Crippen LogP contribution in [0.15, 0.2) is 47.1 Å². The standard InChI is InChI=1S/C16H18ClNO3/c1-11(10-14-4-3-9-21-14)18-16(19)15(17)12-5-7-13(20-2)8-6-12/h3-9,11,15H,10H2,1-2H3,(H,18,19). The predicted molar refractivity (Wildman–Crippen MR) is 81.6 cm³/mol. The number of ether oxygens (including phenoxy) is 1. The number of carbonyl (C=O) groups is 1. The van der Waals surface area contributed by atoms with Gasteiger partial charge in [0.1, 0.15) is 16.9 Å². The average Bonchev–Trinajstić information content (AvgIpc) is 2.99. The Kier molecular flexibility index (Phi) is 5.28. The first-order valence-corrected chi connectivity index (χ1v) is 7.14. The topological polar surface area (TPSA) is 51.5 Å². The third kappa shape index (κ3) is 4.26. The minimum Gasteiger partial charge on any atom is -0.497 e. The Morgan fingerprint density at radius 2 is 2.05 bits per heavy atom. The first kappa shape index (κ1) is 15.4. The summed E-state index contributed by atoms with van der Waals surface area (Å²) in [4.78, 5) is 12.1. The minimum absolute atomic E-state index is 0.0526. The molecule has 0 bridgehead atoms. The van der Waals surface area contributed by atoms with Crippen LogP contribution in [0, 0.1) is 0 Å². The molecule has 0 spiro atoms. The van der Waals surface area contributed by atoms with Gasteiger partial charge in [0.2, 0.25) is 5.91 Å². The van der Waals surface area contributed by atoms with Crippen molar-refractivity contribution >= 4 is 17.5 Å². The number of nitrogens with one attached hydrogen (secondary N) is 1. The van der Waals surface area contributed by atoms with Gasteiger partial charge >= 0.3 is 0 Å². The maximum Gasteiger partial charge on any atom is 0.242 e. The summed E-state index contributed by atoms with van der Waals surface area (Å²) in [6.07, 6.45) is 2.25. The Balaban J connectivity index is 1.92. The van der Waals surface area contributed by atoms with E-state index in [4.69, 9.17) is 20.8 Å². The van der Waals surface area contributed by atoms with Crippen molar-refractivity contribution in [2.75, 3.05) is 7.11 Å².